The van der Waals surface area contributed by atoms with Gasteiger partial charge >= 0.3 is 0 Å². The summed E-state index contributed by atoms with van der Waals surface area (Å²) in [5.74, 6) is -2.86. The molecule has 0 unspecified atom stereocenters. The summed E-state index contributed by atoms with van der Waals surface area (Å²) < 4.78 is 39.7. The van der Waals surface area contributed by atoms with Gasteiger partial charge in [-0.05, 0) is 49.3 Å². The lowest BCUT2D eigenvalue weighted by atomic mass is 9.77. The van der Waals surface area contributed by atoms with Gasteiger partial charge in [0.15, 0.2) is 17.5 Å². The van der Waals surface area contributed by atoms with Crippen LogP contribution in [0.3, 0.4) is 0 Å². The largest absolute Gasteiger partial charge is 0.204 e. The molecule has 1 aliphatic rings. The Morgan fingerprint density at radius 2 is 1.63 bits per heavy atom. The molecule has 0 aromatic heterocycles. The van der Waals surface area contributed by atoms with Gasteiger partial charge in [0.05, 0.1) is 11.9 Å². The van der Waals surface area contributed by atoms with E-state index in [4.69, 9.17) is 0 Å². The molecule has 0 aliphatic heterocycles. The highest BCUT2D eigenvalue weighted by molar-refractivity contribution is 6.02. The highest BCUT2D eigenvalue weighted by atomic mass is 19.2. The first kappa shape index (κ1) is 19.3. The van der Waals surface area contributed by atoms with Crippen LogP contribution in [-0.2, 0) is 0 Å². The summed E-state index contributed by atoms with van der Waals surface area (Å²) >= 11 is 0. The molecule has 0 radical (unpaired) electrons. The average Bonchev–Trinajstić information content (AvgIpc) is 2.70. The smallest absolute Gasteiger partial charge is 0.194 e. The van der Waals surface area contributed by atoms with Crippen molar-refractivity contribution in [3.63, 3.8) is 0 Å². The van der Waals surface area contributed by atoms with E-state index in [1.54, 1.807) is 0 Å². The van der Waals surface area contributed by atoms with Crippen molar-refractivity contribution in [3.05, 3.63) is 71.0 Å². The topological polar surface area (TPSA) is 24.7 Å². The summed E-state index contributed by atoms with van der Waals surface area (Å²) in [5, 5.41) is 8.44. The van der Waals surface area contributed by atoms with E-state index in [1.807, 2.05) is 30.3 Å². The average molecular weight is 372 g/mol. The van der Waals surface area contributed by atoms with Crippen molar-refractivity contribution in [3.8, 4) is 0 Å². The van der Waals surface area contributed by atoms with Crippen molar-refractivity contribution < 1.29 is 13.2 Å². The molecule has 2 aromatic carbocycles. The zero-order chi connectivity index (χ0) is 19.2. The summed E-state index contributed by atoms with van der Waals surface area (Å²) in [4.78, 5) is 0. The maximum atomic E-state index is 13.3. The number of benzene rings is 2. The second kappa shape index (κ2) is 8.98. The van der Waals surface area contributed by atoms with E-state index in [-0.39, 0.29) is 5.56 Å². The van der Waals surface area contributed by atoms with Crippen molar-refractivity contribution in [2.75, 3.05) is 0 Å². The third-order valence-corrected chi connectivity index (χ3v) is 5.26. The fraction of sp³-hybridized carbons (Fsp3) is 0.364. The number of nitrogens with zero attached hydrogens (tertiary/aromatic N) is 2. The molecule has 0 N–H and O–H groups in total. The van der Waals surface area contributed by atoms with Gasteiger partial charge < -0.3 is 0 Å². The van der Waals surface area contributed by atoms with Gasteiger partial charge in [0.25, 0.3) is 0 Å². The van der Waals surface area contributed by atoms with Gasteiger partial charge in [-0.1, -0.05) is 43.7 Å². The standard InChI is InChI=1S/C22H23F3N2/c1-2-15-8-10-18(11-9-15)22(17-6-4-3-5-7-17)27-26-14-16-12-19(23)21(25)20(24)13-16/h3-7,12-15,18H,2,8-11H2,1H3. The fourth-order valence-electron chi connectivity index (χ4n) is 3.64. The van der Waals surface area contributed by atoms with Crippen molar-refractivity contribution in [2.45, 2.75) is 39.0 Å². The molecule has 0 atom stereocenters. The zero-order valence-electron chi connectivity index (χ0n) is 15.3. The van der Waals surface area contributed by atoms with E-state index in [0.29, 0.717) is 5.92 Å². The first-order chi connectivity index (χ1) is 13.1. The molecule has 0 bridgehead atoms. The predicted octanol–water partition coefficient (Wildman–Crippen LogP) is 6.14. The molecule has 1 saturated carbocycles. The van der Waals surface area contributed by atoms with E-state index in [1.165, 1.54) is 25.5 Å². The van der Waals surface area contributed by atoms with Crippen molar-refractivity contribution in [2.24, 2.45) is 22.0 Å². The van der Waals surface area contributed by atoms with Crippen LogP contribution in [0.1, 0.15) is 50.2 Å². The number of rotatable bonds is 5. The van der Waals surface area contributed by atoms with Gasteiger partial charge in [0, 0.05) is 11.5 Å². The van der Waals surface area contributed by atoms with Crippen molar-refractivity contribution >= 4 is 11.9 Å². The first-order valence-electron chi connectivity index (χ1n) is 9.39. The monoisotopic (exact) mass is 372 g/mol. The van der Waals surface area contributed by atoms with Crippen LogP contribution < -0.4 is 0 Å². The first-order valence-corrected chi connectivity index (χ1v) is 9.39. The Morgan fingerprint density at radius 1 is 1.00 bits per heavy atom. The molecule has 5 heteroatoms. The highest BCUT2D eigenvalue weighted by Gasteiger charge is 2.25. The van der Waals surface area contributed by atoms with Crippen molar-refractivity contribution in [1.82, 2.24) is 0 Å². The Balaban J connectivity index is 1.84. The zero-order valence-corrected chi connectivity index (χ0v) is 15.3. The lowest BCUT2D eigenvalue weighted by molar-refractivity contribution is 0.315. The maximum absolute atomic E-state index is 13.3. The molecular formula is C22H23F3N2. The summed E-state index contributed by atoms with van der Waals surface area (Å²) in [5.41, 5.74) is 2.03. The molecule has 1 fully saturated rings. The van der Waals surface area contributed by atoms with Crippen LogP contribution in [0.15, 0.2) is 52.7 Å². The second-order valence-electron chi connectivity index (χ2n) is 7.02. The summed E-state index contributed by atoms with van der Waals surface area (Å²) in [6.07, 6.45) is 6.91. The number of hydrogen-bond acceptors (Lipinski definition) is 2. The minimum absolute atomic E-state index is 0.136. The molecule has 3 rings (SSSR count). The Morgan fingerprint density at radius 3 is 2.22 bits per heavy atom. The summed E-state index contributed by atoms with van der Waals surface area (Å²) in [6.45, 7) is 2.22. The molecular weight excluding hydrogens is 349 g/mol. The summed E-state index contributed by atoms with van der Waals surface area (Å²) in [7, 11) is 0. The quantitative estimate of drug-likeness (QED) is 0.342. The number of hydrogen-bond donors (Lipinski definition) is 0. The summed E-state index contributed by atoms with van der Waals surface area (Å²) in [6, 6.07) is 11.7. The minimum Gasteiger partial charge on any atom is -0.204 e. The van der Waals surface area contributed by atoms with Gasteiger partial charge in [-0.3, -0.25) is 0 Å². The molecule has 27 heavy (non-hydrogen) atoms. The van der Waals surface area contributed by atoms with E-state index < -0.39 is 17.5 Å². The molecule has 2 nitrogen and oxygen atoms in total. The molecule has 0 heterocycles. The molecule has 1 aliphatic carbocycles. The third kappa shape index (κ3) is 4.85. The van der Waals surface area contributed by atoms with Crippen LogP contribution in [-0.4, -0.2) is 11.9 Å². The van der Waals surface area contributed by atoms with Crippen LogP contribution in [0.2, 0.25) is 0 Å². The van der Waals surface area contributed by atoms with E-state index in [2.05, 4.69) is 17.1 Å². The third-order valence-electron chi connectivity index (χ3n) is 5.26. The Hall–Kier alpha value is -2.43. The molecule has 142 valence electrons. The SMILES string of the molecule is CCC1CCC(C(=NN=Cc2cc(F)c(F)c(F)c2)c2ccccc2)CC1. The van der Waals surface area contributed by atoms with E-state index >= 15 is 0 Å². The van der Waals surface area contributed by atoms with Gasteiger partial charge in [-0.25, -0.2) is 13.2 Å². The van der Waals surface area contributed by atoms with Crippen LogP contribution in [0, 0.1) is 29.3 Å². The van der Waals surface area contributed by atoms with Crippen LogP contribution in [0.25, 0.3) is 0 Å². The fourth-order valence-corrected chi connectivity index (χ4v) is 3.64. The molecule has 0 amide bonds. The van der Waals surface area contributed by atoms with Crippen LogP contribution in [0.5, 0.6) is 0 Å². The Kier molecular flexibility index (Phi) is 6.43. The molecule has 0 saturated heterocycles. The van der Waals surface area contributed by atoms with Crippen LogP contribution >= 0.6 is 0 Å². The predicted molar refractivity (Wildman–Crippen MR) is 103 cm³/mol. The second-order valence-corrected chi connectivity index (χ2v) is 7.02. The lowest BCUT2D eigenvalue weighted by Crippen LogP contribution is -2.22. The highest BCUT2D eigenvalue weighted by Crippen LogP contribution is 2.33. The van der Waals surface area contributed by atoms with E-state index in [0.717, 1.165) is 42.2 Å². The Labute approximate surface area is 157 Å². The van der Waals surface area contributed by atoms with Gasteiger partial charge in [-0.2, -0.15) is 10.2 Å². The normalized spacial score (nSPS) is 21.0. The minimum atomic E-state index is -1.48. The van der Waals surface area contributed by atoms with Crippen LogP contribution in [0.4, 0.5) is 13.2 Å². The lowest BCUT2D eigenvalue weighted by Gasteiger charge is -2.28. The molecule has 0 spiro atoms. The molecule has 2 aromatic rings. The van der Waals surface area contributed by atoms with Gasteiger partial charge in [0.1, 0.15) is 0 Å². The van der Waals surface area contributed by atoms with Gasteiger partial charge in [-0.15, -0.1) is 0 Å². The van der Waals surface area contributed by atoms with Gasteiger partial charge in [0.2, 0.25) is 0 Å². The van der Waals surface area contributed by atoms with E-state index in [9.17, 15) is 13.2 Å². The van der Waals surface area contributed by atoms with Crippen molar-refractivity contribution in [1.29, 1.82) is 0 Å². The Bertz CT molecular complexity index is 800. The number of halogens is 3. The maximum Gasteiger partial charge on any atom is 0.194 e.